The Morgan fingerprint density at radius 2 is 1.90 bits per heavy atom. The summed E-state index contributed by atoms with van der Waals surface area (Å²) in [7, 11) is 1.62. The lowest BCUT2D eigenvalue weighted by molar-refractivity contribution is -0.125. The van der Waals surface area contributed by atoms with Gasteiger partial charge in [-0.05, 0) is 12.8 Å². The third-order valence-corrected chi connectivity index (χ3v) is 2.94. The first-order valence-corrected chi connectivity index (χ1v) is 6.19. The van der Waals surface area contributed by atoms with Gasteiger partial charge < -0.3 is 10.1 Å². The number of piperidine rings is 1. The summed E-state index contributed by atoms with van der Waals surface area (Å²) in [6.45, 7) is -0.187. The number of urea groups is 1. The molecule has 2 N–H and O–H groups in total. The van der Waals surface area contributed by atoms with Crippen molar-refractivity contribution in [1.29, 1.82) is 0 Å². The molecule has 0 aliphatic carbocycles. The van der Waals surface area contributed by atoms with Gasteiger partial charge in [-0.2, -0.15) is 13.2 Å². The van der Waals surface area contributed by atoms with Crippen LogP contribution in [-0.4, -0.2) is 62.4 Å². The zero-order valence-corrected chi connectivity index (χ0v) is 11.1. The van der Waals surface area contributed by atoms with Crippen LogP contribution in [0, 0.1) is 0 Å². The lowest BCUT2D eigenvalue weighted by atomic mass is 10.1. The molecule has 0 aromatic rings. The third kappa shape index (κ3) is 6.71. The molecule has 9 heteroatoms. The molecule has 0 aromatic carbocycles. The fourth-order valence-corrected chi connectivity index (χ4v) is 1.90. The summed E-state index contributed by atoms with van der Waals surface area (Å²) >= 11 is 0. The van der Waals surface area contributed by atoms with Crippen molar-refractivity contribution in [2.75, 3.05) is 33.3 Å². The maximum atomic E-state index is 11.8. The van der Waals surface area contributed by atoms with Crippen LogP contribution >= 0.6 is 0 Å². The van der Waals surface area contributed by atoms with Gasteiger partial charge in [0.1, 0.15) is 6.54 Å². The first-order valence-electron chi connectivity index (χ1n) is 6.19. The summed E-state index contributed by atoms with van der Waals surface area (Å²) in [6.07, 6.45) is -2.76. The molecule has 6 nitrogen and oxygen atoms in total. The topological polar surface area (TPSA) is 70.7 Å². The Morgan fingerprint density at radius 1 is 1.30 bits per heavy atom. The highest BCUT2D eigenvalue weighted by Crippen LogP contribution is 2.12. The molecule has 1 fully saturated rings. The molecule has 0 unspecified atom stereocenters. The normalized spacial score (nSPS) is 17.8. The minimum Gasteiger partial charge on any atom is -0.381 e. The van der Waals surface area contributed by atoms with Crippen molar-refractivity contribution in [3.05, 3.63) is 0 Å². The number of hydrogen-bond acceptors (Lipinski definition) is 4. The van der Waals surface area contributed by atoms with Crippen molar-refractivity contribution < 1.29 is 27.5 Å². The Kier molecular flexibility index (Phi) is 6.21. The van der Waals surface area contributed by atoms with Crippen LogP contribution < -0.4 is 10.6 Å². The molecule has 0 bridgehead atoms. The van der Waals surface area contributed by atoms with Crippen LogP contribution in [-0.2, 0) is 9.53 Å². The molecule has 1 aliphatic heterocycles. The van der Waals surface area contributed by atoms with Crippen molar-refractivity contribution in [3.63, 3.8) is 0 Å². The van der Waals surface area contributed by atoms with Gasteiger partial charge in [-0.1, -0.05) is 0 Å². The summed E-state index contributed by atoms with van der Waals surface area (Å²) in [4.78, 5) is 24.4. The number of nitrogens with zero attached hydrogens (tertiary/aromatic N) is 1. The summed E-state index contributed by atoms with van der Waals surface area (Å²) in [5.41, 5.74) is 0. The van der Waals surface area contributed by atoms with Crippen LogP contribution in [0.2, 0.25) is 0 Å². The molecule has 0 radical (unpaired) electrons. The quantitative estimate of drug-likeness (QED) is 0.792. The average molecular weight is 297 g/mol. The van der Waals surface area contributed by atoms with Gasteiger partial charge in [0.25, 0.3) is 0 Å². The minimum absolute atomic E-state index is 0.0180. The summed E-state index contributed by atoms with van der Waals surface area (Å²) in [6, 6.07) is -1.14. The second kappa shape index (κ2) is 7.44. The fourth-order valence-electron chi connectivity index (χ4n) is 1.90. The molecule has 1 saturated heterocycles. The number of rotatable bonds is 4. The van der Waals surface area contributed by atoms with E-state index in [0.29, 0.717) is 13.1 Å². The maximum absolute atomic E-state index is 11.8. The van der Waals surface area contributed by atoms with Crippen molar-refractivity contribution in [2.45, 2.75) is 25.1 Å². The smallest absolute Gasteiger partial charge is 0.381 e. The number of amides is 3. The molecule has 0 atom stereocenters. The number of carbonyl (C=O) groups excluding carboxylic acids is 2. The maximum Gasteiger partial charge on any atom is 0.405 e. The molecule has 0 spiro atoms. The van der Waals surface area contributed by atoms with E-state index in [0.717, 1.165) is 12.8 Å². The van der Waals surface area contributed by atoms with Gasteiger partial charge >= 0.3 is 12.2 Å². The van der Waals surface area contributed by atoms with Crippen molar-refractivity contribution in [2.24, 2.45) is 0 Å². The first kappa shape index (κ1) is 16.7. The largest absolute Gasteiger partial charge is 0.405 e. The van der Waals surface area contributed by atoms with E-state index in [4.69, 9.17) is 4.74 Å². The van der Waals surface area contributed by atoms with E-state index in [1.54, 1.807) is 12.4 Å². The first-order chi connectivity index (χ1) is 9.30. The van der Waals surface area contributed by atoms with Gasteiger partial charge in [-0.15, -0.1) is 0 Å². The monoisotopic (exact) mass is 297 g/mol. The van der Waals surface area contributed by atoms with Gasteiger partial charge in [0.05, 0.1) is 12.6 Å². The van der Waals surface area contributed by atoms with E-state index < -0.39 is 24.7 Å². The van der Waals surface area contributed by atoms with E-state index >= 15 is 0 Å². The average Bonchev–Trinajstić information content (AvgIpc) is 2.36. The number of methoxy groups -OCH3 is 1. The standard InChI is InChI=1S/C11H18F3N3O3/c1-20-8-2-4-17(5-3-8)6-9(18)16-10(19)15-7-11(12,13)14/h8H,2-7H2,1H3,(H2,15,16,18,19). The number of alkyl halides is 3. The Balaban J connectivity index is 2.22. The summed E-state index contributed by atoms with van der Waals surface area (Å²) in [5.74, 6) is -0.624. The molecule has 0 saturated carbocycles. The summed E-state index contributed by atoms with van der Waals surface area (Å²) < 4.78 is 40.7. The van der Waals surface area contributed by atoms with Crippen molar-refractivity contribution >= 4 is 11.9 Å². The van der Waals surface area contributed by atoms with Gasteiger partial charge in [0.15, 0.2) is 0 Å². The molecular formula is C11H18F3N3O3. The number of imide groups is 1. The Morgan fingerprint density at radius 3 is 2.40 bits per heavy atom. The fraction of sp³-hybridized carbons (Fsp3) is 0.818. The van der Waals surface area contributed by atoms with Crippen LogP contribution in [0.4, 0.5) is 18.0 Å². The van der Waals surface area contributed by atoms with E-state index in [-0.39, 0.29) is 12.6 Å². The predicted molar refractivity (Wildman–Crippen MR) is 64.1 cm³/mol. The Hall–Kier alpha value is -1.35. The number of nitrogens with one attached hydrogen (secondary N) is 2. The van der Waals surface area contributed by atoms with E-state index in [9.17, 15) is 22.8 Å². The highest BCUT2D eigenvalue weighted by Gasteiger charge is 2.28. The van der Waals surface area contributed by atoms with Crippen LogP contribution in [0.5, 0.6) is 0 Å². The number of hydrogen-bond donors (Lipinski definition) is 2. The van der Waals surface area contributed by atoms with Crippen molar-refractivity contribution in [3.8, 4) is 0 Å². The number of halogens is 3. The molecule has 3 amide bonds. The molecule has 20 heavy (non-hydrogen) atoms. The zero-order valence-electron chi connectivity index (χ0n) is 11.1. The third-order valence-electron chi connectivity index (χ3n) is 2.94. The van der Waals surface area contributed by atoms with E-state index in [2.05, 4.69) is 0 Å². The van der Waals surface area contributed by atoms with Crippen molar-refractivity contribution in [1.82, 2.24) is 15.5 Å². The lowest BCUT2D eigenvalue weighted by Gasteiger charge is -2.30. The summed E-state index contributed by atoms with van der Waals surface area (Å²) in [5, 5.41) is 3.44. The molecule has 1 rings (SSSR count). The molecular weight excluding hydrogens is 279 g/mol. The molecule has 116 valence electrons. The second-order valence-corrected chi connectivity index (χ2v) is 4.56. The molecule has 1 heterocycles. The zero-order chi connectivity index (χ0) is 15.2. The highest BCUT2D eigenvalue weighted by molar-refractivity contribution is 5.95. The highest BCUT2D eigenvalue weighted by atomic mass is 19.4. The SMILES string of the molecule is COC1CCN(CC(=O)NC(=O)NCC(F)(F)F)CC1. The van der Waals surface area contributed by atoms with Gasteiger partial charge in [-0.3, -0.25) is 15.0 Å². The minimum atomic E-state index is -4.50. The lowest BCUT2D eigenvalue weighted by Crippen LogP contribution is -2.48. The molecule has 1 aliphatic rings. The Bertz CT molecular complexity index is 342. The van der Waals surface area contributed by atoms with Gasteiger partial charge in [0, 0.05) is 20.2 Å². The van der Waals surface area contributed by atoms with E-state index in [1.807, 2.05) is 10.2 Å². The Labute approximate surface area is 114 Å². The number of carbonyl (C=O) groups is 2. The molecule has 0 aromatic heterocycles. The van der Waals surface area contributed by atoms with Crippen LogP contribution in [0.25, 0.3) is 0 Å². The number of ether oxygens (including phenoxy) is 1. The number of likely N-dealkylation sites (tertiary alicyclic amines) is 1. The predicted octanol–water partition coefficient (Wildman–Crippen LogP) is 0.485. The van der Waals surface area contributed by atoms with Crippen LogP contribution in [0.3, 0.4) is 0 Å². The second-order valence-electron chi connectivity index (χ2n) is 4.56. The van der Waals surface area contributed by atoms with Crippen LogP contribution in [0.1, 0.15) is 12.8 Å². The van der Waals surface area contributed by atoms with Gasteiger partial charge in [0.2, 0.25) is 5.91 Å². The van der Waals surface area contributed by atoms with Gasteiger partial charge in [-0.25, -0.2) is 4.79 Å². The van der Waals surface area contributed by atoms with E-state index in [1.165, 1.54) is 0 Å². The van der Waals surface area contributed by atoms with Crippen LogP contribution in [0.15, 0.2) is 0 Å².